The lowest BCUT2D eigenvalue weighted by atomic mass is 9.90. The summed E-state index contributed by atoms with van der Waals surface area (Å²) in [5.41, 5.74) is 3.54. The zero-order valence-electron chi connectivity index (χ0n) is 19.3. The zero-order valence-corrected chi connectivity index (χ0v) is 20.1. The van der Waals surface area contributed by atoms with E-state index in [1.165, 1.54) is 23.5 Å². The van der Waals surface area contributed by atoms with Crippen molar-refractivity contribution in [2.24, 2.45) is 0 Å². The molecule has 3 aromatic rings. The van der Waals surface area contributed by atoms with E-state index in [-0.39, 0.29) is 22.8 Å². The molecule has 3 N–H and O–H groups in total. The predicted octanol–water partition coefficient (Wildman–Crippen LogP) is 2.32. The predicted molar refractivity (Wildman–Crippen MR) is 129 cm³/mol. The molecule has 1 aliphatic heterocycles. The summed E-state index contributed by atoms with van der Waals surface area (Å²) in [6.07, 6.45) is 3.20. The Labute approximate surface area is 198 Å². The molecule has 0 radical (unpaired) electrons. The average molecular weight is 485 g/mol. The fourth-order valence-electron chi connectivity index (χ4n) is 4.32. The Hall–Kier alpha value is -3.44. The fourth-order valence-corrected chi connectivity index (χ4v) is 5.79. The summed E-state index contributed by atoms with van der Waals surface area (Å²) in [6.45, 7) is 2.61. The van der Waals surface area contributed by atoms with Gasteiger partial charge in [-0.2, -0.15) is 9.40 Å². The van der Waals surface area contributed by atoms with Gasteiger partial charge >= 0.3 is 6.03 Å². The van der Waals surface area contributed by atoms with Gasteiger partial charge in [0.2, 0.25) is 10.0 Å². The van der Waals surface area contributed by atoms with Crippen LogP contribution in [0.4, 0.5) is 10.5 Å². The van der Waals surface area contributed by atoms with E-state index in [9.17, 15) is 18.0 Å². The molecule has 3 amide bonds. The number of piperidine rings is 1. The third-order valence-electron chi connectivity index (χ3n) is 6.19. The number of anilines is 1. The Bertz CT molecular complexity index is 1330. The molecule has 0 unspecified atom stereocenters. The van der Waals surface area contributed by atoms with Gasteiger partial charge in [0.05, 0.1) is 21.7 Å². The quantitative estimate of drug-likeness (QED) is 0.513. The maximum atomic E-state index is 13.1. The topological polar surface area (TPSA) is 125 Å². The highest BCUT2D eigenvalue weighted by Crippen LogP contribution is 2.32. The number of carbonyl (C=O) groups is 2. The number of fused-ring (bicyclic) bond motifs is 1. The number of sulfonamides is 1. The second-order valence-electron chi connectivity index (χ2n) is 8.24. The molecular formula is C23H28N6O4S. The minimum atomic E-state index is -3.63. The minimum Gasteiger partial charge on any atom is -0.355 e. The first-order chi connectivity index (χ1) is 16.2. The van der Waals surface area contributed by atoms with Crippen molar-refractivity contribution in [3.8, 4) is 0 Å². The van der Waals surface area contributed by atoms with Crippen molar-refractivity contribution in [3.05, 3.63) is 59.4 Å². The standard InChI is InChI=1S/C23H28N6O4S/c1-15-21(22(30)24-2)20-14-17(10-13-29(20)27-15)16-8-11-28(12-9-16)34(32,33)19-6-4-18(5-7-19)26-23(31)25-3/h4-7,10,13-14,16H,8-9,11-12H2,1-3H3,(H,24,30)(H2,25,26,31). The molecule has 1 aromatic carbocycles. The number of urea groups is 1. The molecule has 0 spiro atoms. The molecule has 11 heteroatoms. The van der Waals surface area contributed by atoms with Crippen molar-refractivity contribution >= 4 is 33.2 Å². The number of nitrogens with one attached hydrogen (secondary N) is 3. The molecule has 4 rings (SSSR count). The lowest BCUT2D eigenvalue weighted by Gasteiger charge is -2.31. The molecule has 0 bridgehead atoms. The third kappa shape index (κ3) is 4.48. The Morgan fingerprint density at radius 1 is 1.03 bits per heavy atom. The number of aromatic nitrogens is 2. The van der Waals surface area contributed by atoms with Crippen molar-refractivity contribution in [3.63, 3.8) is 0 Å². The SMILES string of the molecule is CNC(=O)Nc1ccc(S(=O)(=O)N2CCC(c3ccn4nc(C)c(C(=O)NC)c4c3)CC2)cc1. The van der Waals surface area contributed by atoms with Crippen molar-refractivity contribution < 1.29 is 18.0 Å². The van der Waals surface area contributed by atoms with Crippen LogP contribution in [0.2, 0.25) is 0 Å². The van der Waals surface area contributed by atoms with Gasteiger partial charge in [-0.25, -0.2) is 17.7 Å². The van der Waals surface area contributed by atoms with Gasteiger partial charge < -0.3 is 16.0 Å². The number of benzene rings is 1. The summed E-state index contributed by atoms with van der Waals surface area (Å²) >= 11 is 0. The van der Waals surface area contributed by atoms with Gasteiger partial charge in [-0.1, -0.05) is 0 Å². The van der Waals surface area contributed by atoms with Crippen molar-refractivity contribution in [2.75, 3.05) is 32.5 Å². The van der Waals surface area contributed by atoms with Gasteiger partial charge in [-0.15, -0.1) is 0 Å². The van der Waals surface area contributed by atoms with Crippen LogP contribution in [0.3, 0.4) is 0 Å². The lowest BCUT2D eigenvalue weighted by molar-refractivity contribution is 0.0964. The molecule has 1 saturated heterocycles. The van der Waals surface area contributed by atoms with Crippen LogP contribution in [0.25, 0.3) is 5.52 Å². The molecule has 180 valence electrons. The smallest absolute Gasteiger partial charge is 0.318 e. The number of hydrogen-bond donors (Lipinski definition) is 3. The van der Waals surface area contributed by atoms with Crippen LogP contribution in [-0.2, 0) is 10.0 Å². The fraction of sp³-hybridized carbons (Fsp3) is 0.348. The first-order valence-corrected chi connectivity index (χ1v) is 12.5. The number of rotatable bonds is 5. The first kappa shape index (κ1) is 23.7. The van der Waals surface area contributed by atoms with E-state index in [1.54, 1.807) is 23.7 Å². The van der Waals surface area contributed by atoms with Crippen LogP contribution >= 0.6 is 0 Å². The van der Waals surface area contributed by atoms with Gasteiger partial charge in [0.15, 0.2) is 0 Å². The van der Waals surface area contributed by atoms with Gasteiger partial charge in [0.1, 0.15) is 0 Å². The molecular weight excluding hydrogens is 456 g/mol. The third-order valence-corrected chi connectivity index (χ3v) is 8.10. The number of carbonyl (C=O) groups excluding carboxylic acids is 2. The summed E-state index contributed by atoms with van der Waals surface area (Å²) < 4.78 is 29.4. The van der Waals surface area contributed by atoms with E-state index in [2.05, 4.69) is 21.0 Å². The monoisotopic (exact) mass is 484 g/mol. The van der Waals surface area contributed by atoms with Gasteiger partial charge in [0.25, 0.3) is 5.91 Å². The Morgan fingerprint density at radius 3 is 2.32 bits per heavy atom. The highest BCUT2D eigenvalue weighted by Gasteiger charge is 2.30. The van der Waals surface area contributed by atoms with Crippen LogP contribution in [0.1, 0.15) is 40.4 Å². The molecule has 1 aliphatic rings. The highest BCUT2D eigenvalue weighted by atomic mass is 32.2. The largest absolute Gasteiger partial charge is 0.355 e. The van der Waals surface area contributed by atoms with Crippen molar-refractivity contribution in [1.82, 2.24) is 24.6 Å². The number of aryl methyl sites for hydroxylation is 1. The molecule has 0 saturated carbocycles. The summed E-state index contributed by atoms with van der Waals surface area (Å²) in [4.78, 5) is 23.9. The van der Waals surface area contributed by atoms with E-state index >= 15 is 0 Å². The second-order valence-corrected chi connectivity index (χ2v) is 10.2. The first-order valence-electron chi connectivity index (χ1n) is 11.0. The maximum absolute atomic E-state index is 13.1. The summed E-state index contributed by atoms with van der Waals surface area (Å²) in [5, 5.41) is 12.1. The maximum Gasteiger partial charge on any atom is 0.318 e. The summed E-state index contributed by atoms with van der Waals surface area (Å²) in [6, 6.07) is 9.75. The number of pyridine rings is 1. The summed E-state index contributed by atoms with van der Waals surface area (Å²) in [7, 11) is -0.531. The van der Waals surface area contributed by atoms with E-state index < -0.39 is 10.0 Å². The van der Waals surface area contributed by atoms with Gasteiger partial charge in [-0.05, 0) is 67.6 Å². The van der Waals surface area contributed by atoms with Gasteiger partial charge in [0, 0.05) is 39.1 Å². The van der Waals surface area contributed by atoms with Crippen molar-refractivity contribution in [2.45, 2.75) is 30.6 Å². The van der Waals surface area contributed by atoms with Gasteiger partial charge in [-0.3, -0.25) is 4.79 Å². The second kappa shape index (κ2) is 9.43. The lowest BCUT2D eigenvalue weighted by Crippen LogP contribution is -2.37. The van der Waals surface area contributed by atoms with Crippen LogP contribution in [0.15, 0.2) is 47.5 Å². The van der Waals surface area contributed by atoms with Crippen LogP contribution in [0.5, 0.6) is 0 Å². The minimum absolute atomic E-state index is 0.179. The molecule has 3 heterocycles. The van der Waals surface area contributed by atoms with Crippen LogP contribution in [-0.4, -0.2) is 61.5 Å². The molecule has 0 aliphatic carbocycles. The molecule has 1 fully saturated rings. The van der Waals surface area contributed by atoms with E-state index in [0.717, 1.165) is 11.1 Å². The highest BCUT2D eigenvalue weighted by molar-refractivity contribution is 7.89. The Kier molecular flexibility index (Phi) is 6.58. The van der Waals surface area contributed by atoms with E-state index in [4.69, 9.17) is 0 Å². The number of hydrogen-bond acceptors (Lipinski definition) is 5. The number of amides is 3. The molecule has 10 nitrogen and oxygen atoms in total. The average Bonchev–Trinajstić information content (AvgIpc) is 3.18. The Balaban J connectivity index is 1.48. The summed E-state index contributed by atoms with van der Waals surface area (Å²) in [5.74, 6) is 0.00503. The van der Waals surface area contributed by atoms with E-state index in [1.807, 2.05) is 25.3 Å². The Morgan fingerprint density at radius 2 is 1.71 bits per heavy atom. The zero-order chi connectivity index (χ0) is 24.5. The van der Waals surface area contributed by atoms with Crippen molar-refractivity contribution in [1.29, 1.82) is 0 Å². The van der Waals surface area contributed by atoms with Crippen LogP contribution < -0.4 is 16.0 Å². The normalized spacial score (nSPS) is 15.3. The number of nitrogens with zero attached hydrogens (tertiary/aromatic N) is 3. The molecule has 34 heavy (non-hydrogen) atoms. The van der Waals surface area contributed by atoms with E-state index in [0.29, 0.717) is 42.9 Å². The van der Waals surface area contributed by atoms with Crippen LogP contribution in [0, 0.1) is 6.92 Å². The molecule has 2 aromatic heterocycles. The molecule has 0 atom stereocenters.